The van der Waals surface area contributed by atoms with Crippen molar-refractivity contribution in [3.05, 3.63) is 0 Å². The second-order valence-corrected chi connectivity index (χ2v) is 9.53. The van der Waals surface area contributed by atoms with Crippen LogP contribution in [0.2, 0.25) is 0 Å². The fourth-order valence-corrected chi connectivity index (χ4v) is 3.23. The third kappa shape index (κ3) is 42.0. The first-order chi connectivity index (χ1) is 24.1. The Morgan fingerprint density at radius 3 is 1.04 bits per heavy atom. The minimum absolute atomic E-state index is 0.247. The van der Waals surface area contributed by atoms with Crippen molar-refractivity contribution in [3.63, 3.8) is 0 Å². The van der Waals surface area contributed by atoms with E-state index in [1.165, 1.54) is 0 Å². The van der Waals surface area contributed by atoms with Gasteiger partial charge in [-0.1, -0.05) is 0 Å². The first kappa shape index (κ1) is 46.9. The molecule has 0 radical (unpaired) electrons. The molecular formula is C31H59NO17. The van der Waals surface area contributed by atoms with Gasteiger partial charge in [0.2, 0.25) is 5.91 Å². The Morgan fingerprint density at radius 2 is 0.735 bits per heavy atom. The third-order valence-corrected chi connectivity index (χ3v) is 5.50. The van der Waals surface area contributed by atoms with Crippen molar-refractivity contribution in [2.75, 3.05) is 172 Å². The number of carbonyl (C=O) groups is 3. The minimum Gasteiger partial charge on any atom is -0.480 e. The maximum absolute atomic E-state index is 11.4. The van der Waals surface area contributed by atoms with E-state index in [2.05, 4.69) is 10.1 Å². The fourth-order valence-electron chi connectivity index (χ4n) is 3.23. The van der Waals surface area contributed by atoms with Crippen LogP contribution in [-0.4, -0.2) is 195 Å². The van der Waals surface area contributed by atoms with Gasteiger partial charge in [0.25, 0.3) is 0 Å². The van der Waals surface area contributed by atoms with Crippen LogP contribution in [0.4, 0.5) is 0 Å². The number of hydrogen-bond acceptors (Lipinski definition) is 16. The zero-order valence-electron chi connectivity index (χ0n) is 29.1. The molecule has 2 N–H and O–H groups in total. The van der Waals surface area contributed by atoms with Crippen LogP contribution >= 0.6 is 0 Å². The largest absolute Gasteiger partial charge is 0.480 e. The van der Waals surface area contributed by atoms with E-state index in [0.29, 0.717) is 159 Å². The zero-order chi connectivity index (χ0) is 35.7. The molecule has 0 spiro atoms. The van der Waals surface area contributed by atoms with Gasteiger partial charge in [-0.3, -0.25) is 9.59 Å². The Hall–Kier alpha value is -2.07. The highest BCUT2D eigenvalue weighted by atomic mass is 16.6. The first-order valence-corrected chi connectivity index (χ1v) is 16.6. The Kier molecular flexibility index (Phi) is 38.7. The molecule has 0 saturated carbocycles. The lowest BCUT2D eigenvalue weighted by atomic mass is 10.5. The summed E-state index contributed by atoms with van der Waals surface area (Å²) in [7, 11) is 0. The molecular weight excluding hydrogens is 658 g/mol. The average molecular weight is 718 g/mol. The molecule has 0 unspecified atom stereocenters. The standard InChI is InChI=1S/C31H59NO17/c1-2-49-31(36)3-5-37-7-9-39-11-13-41-15-17-43-19-21-45-23-25-47-26-24-46-22-20-44-18-16-42-14-12-40-10-8-38-6-4-32-29(33)27-48-28-30(34)35/h2-28H2,1H3,(H,32,33)(H,34,35). The van der Waals surface area contributed by atoms with Gasteiger partial charge in [0, 0.05) is 6.54 Å². The summed E-state index contributed by atoms with van der Waals surface area (Å²) in [6, 6.07) is 0. The summed E-state index contributed by atoms with van der Waals surface area (Å²) in [5.41, 5.74) is 0. The van der Waals surface area contributed by atoms with Crippen LogP contribution in [0.15, 0.2) is 0 Å². The van der Waals surface area contributed by atoms with Crippen LogP contribution in [0, 0.1) is 0 Å². The Balaban J connectivity index is 3.10. The molecule has 18 heteroatoms. The van der Waals surface area contributed by atoms with Crippen LogP contribution in [0.3, 0.4) is 0 Å². The third-order valence-electron chi connectivity index (χ3n) is 5.50. The van der Waals surface area contributed by atoms with E-state index < -0.39 is 18.5 Å². The van der Waals surface area contributed by atoms with E-state index in [4.69, 9.17) is 61.9 Å². The number of hydrogen-bond donors (Lipinski definition) is 2. The second-order valence-electron chi connectivity index (χ2n) is 9.53. The molecule has 49 heavy (non-hydrogen) atoms. The van der Waals surface area contributed by atoms with Gasteiger partial charge in [0.05, 0.1) is 158 Å². The monoisotopic (exact) mass is 717 g/mol. The normalized spacial score (nSPS) is 11.2. The highest BCUT2D eigenvalue weighted by Crippen LogP contribution is 1.90. The van der Waals surface area contributed by atoms with E-state index in [-0.39, 0.29) is 19.0 Å². The van der Waals surface area contributed by atoms with Crippen LogP contribution in [0.1, 0.15) is 13.3 Å². The molecule has 1 amide bonds. The van der Waals surface area contributed by atoms with Gasteiger partial charge in [0.15, 0.2) is 0 Å². The molecule has 0 aromatic carbocycles. The second kappa shape index (κ2) is 40.4. The number of ether oxygens (including phenoxy) is 13. The van der Waals surface area contributed by atoms with E-state index in [1.807, 2.05) is 0 Å². The number of esters is 1. The number of carboxylic acids is 1. The Bertz CT molecular complexity index is 734. The summed E-state index contributed by atoms with van der Waals surface area (Å²) in [6.45, 7) is 11.3. The molecule has 0 bridgehead atoms. The topological polar surface area (TPSA) is 203 Å². The quantitative estimate of drug-likeness (QED) is 0.0595. The Morgan fingerprint density at radius 1 is 0.429 bits per heavy atom. The molecule has 0 aromatic heterocycles. The van der Waals surface area contributed by atoms with Gasteiger partial charge in [-0.15, -0.1) is 0 Å². The number of rotatable bonds is 41. The van der Waals surface area contributed by atoms with Crippen molar-refractivity contribution in [2.45, 2.75) is 13.3 Å². The van der Waals surface area contributed by atoms with Gasteiger partial charge in [-0.2, -0.15) is 0 Å². The lowest BCUT2D eigenvalue weighted by Gasteiger charge is -2.09. The maximum Gasteiger partial charge on any atom is 0.329 e. The van der Waals surface area contributed by atoms with Gasteiger partial charge >= 0.3 is 11.9 Å². The van der Waals surface area contributed by atoms with E-state index in [9.17, 15) is 14.4 Å². The summed E-state index contributed by atoms with van der Waals surface area (Å²) < 4.78 is 69.0. The van der Waals surface area contributed by atoms with Gasteiger partial charge in [-0.25, -0.2) is 4.79 Å². The number of amides is 1. The van der Waals surface area contributed by atoms with Gasteiger partial charge < -0.3 is 72.0 Å². The van der Waals surface area contributed by atoms with Crippen molar-refractivity contribution in [1.29, 1.82) is 0 Å². The summed E-state index contributed by atoms with van der Waals surface area (Å²) >= 11 is 0. The Labute approximate surface area is 289 Å². The number of nitrogens with one attached hydrogen (secondary N) is 1. The van der Waals surface area contributed by atoms with E-state index in [1.54, 1.807) is 6.92 Å². The molecule has 0 rings (SSSR count). The van der Waals surface area contributed by atoms with Gasteiger partial charge in [-0.05, 0) is 6.92 Å². The van der Waals surface area contributed by atoms with Crippen molar-refractivity contribution in [1.82, 2.24) is 5.32 Å². The SMILES string of the molecule is CCOC(=O)CCOCCOCCOCCOCCOCCOCCOCCOCCOCCOCCOCCNC(=O)COCC(=O)O. The van der Waals surface area contributed by atoms with Crippen LogP contribution < -0.4 is 5.32 Å². The minimum atomic E-state index is -1.13. The zero-order valence-corrected chi connectivity index (χ0v) is 29.1. The first-order valence-electron chi connectivity index (χ1n) is 16.6. The number of aliphatic carboxylic acids is 1. The molecule has 290 valence electrons. The van der Waals surface area contributed by atoms with E-state index >= 15 is 0 Å². The predicted octanol–water partition coefficient (Wildman–Crippen LogP) is -0.660. The highest BCUT2D eigenvalue weighted by Gasteiger charge is 2.03. The molecule has 0 aromatic rings. The van der Waals surface area contributed by atoms with Crippen molar-refractivity contribution < 1.29 is 81.1 Å². The molecule has 0 fully saturated rings. The van der Waals surface area contributed by atoms with Crippen molar-refractivity contribution in [2.24, 2.45) is 0 Å². The number of carboxylic acid groups (broad SMARTS) is 1. The van der Waals surface area contributed by atoms with Crippen LogP contribution in [0.5, 0.6) is 0 Å². The van der Waals surface area contributed by atoms with E-state index in [0.717, 1.165) is 0 Å². The highest BCUT2D eigenvalue weighted by molar-refractivity contribution is 5.77. The van der Waals surface area contributed by atoms with Gasteiger partial charge in [0.1, 0.15) is 13.2 Å². The van der Waals surface area contributed by atoms with Crippen LogP contribution in [0.25, 0.3) is 0 Å². The average Bonchev–Trinajstić information content (AvgIpc) is 3.08. The molecule has 0 aliphatic heterocycles. The maximum atomic E-state index is 11.4. The smallest absolute Gasteiger partial charge is 0.329 e. The molecule has 0 heterocycles. The molecule has 0 aliphatic rings. The molecule has 18 nitrogen and oxygen atoms in total. The fraction of sp³-hybridized carbons (Fsp3) is 0.903. The summed E-state index contributed by atoms with van der Waals surface area (Å²) in [5.74, 6) is -1.79. The summed E-state index contributed by atoms with van der Waals surface area (Å²) in [5, 5.41) is 11.0. The lowest BCUT2D eigenvalue weighted by molar-refractivity contribution is -0.145. The van der Waals surface area contributed by atoms with Crippen molar-refractivity contribution >= 4 is 17.8 Å². The molecule has 0 atom stereocenters. The summed E-state index contributed by atoms with van der Waals surface area (Å²) in [4.78, 5) is 32.8. The van der Waals surface area contributed by atoms with Crippen LogP contribution in [-0.2, 0) is 76.0 Å². The molecule has 0 aliphatic carbocycles. The number of carbonyl (C=O) groups excluding carboxylic acids is 2. The van der Waals surface area contributed by atoms with Crippen molar-refractivity contribution in [3.8, 4) is 0 Å². The lowest BCUT2D eigenvalue weighted by Crippen LogP contribution is -2.31. The molecule has 0 saturated heterocycles. The predicted molar refractivity (Wildman–Crippen MR) is 172 cm³/mol. The summed E-state index contributed by atoms with van der Waals surface area (Å²) in [6.07, 6.45) is 0.247.